The summed E-state index contributed by atoms with van der Waals surface area (Å²) in [6.45, 7) is 5.65. The molecule has 8 rings (SSSR count). The second-order valence-electron chi connectivity index (χ2n) is 17.6. The normalized spacial score (nSPS) is 17.1. The zero-order valence-electron chi connectivity index (χ0n) is 37.5. The molecule has 4 aromatic carbocycles. The number of amides is 1. The molecule has 14 heteroatoms. The summed E-state index contributed by atoms with van der Waals surface area (Å²) in [4.78, 5) is 46.4. The molecule has 1 fully saturated rings. The number of nitrogens with one attached hydrogen (secondary N) is 3. The van der Waals surface area contributed by atoms with Gasteiger partial charge in [-0.15, -0.1) is 11.3 Å². The first kappa shape index (κ1) is 47.6. The summed E-state index contributed by atoms with van der Waals surface area (Å²) in [7, 11) is 1.50. The second-order valence-corrected chi connectivity index (χ2v) is 19.2. The average Bonchev–Trinajstić information content (AvgIpc) is 3.83. The van der Waals surface area contributed by atoms with Crippen molar-refractivity contribution in [3.63, 3.8) is 0 Å². The lowest BCUT2D eigenvalue weighted by Gasteiger charge is -2.39. The van der Waals surface area contributed by atoms with Gasteiger partial charge < -0.3 is 40.4 Å². The van der Waals surface area contributed by atoms with Crippen molar-refractivity contribution in [2.75, 3.05) is 33.4 Å². The fourth-order valence-corrected chi connectivity index (χ4v) is 10.0. The number of esters is 1. The Morgan fingerprint density at radius 3 is 2.42 bits per heavy atom. The molecule has 1 aliphatic carbocycles. The fourth-order valence-electron chi connectivity index (χ4n) is 8.79. The van der Waals surface area contributed by atoms with E-state index in [2.05, 4.69) is 51.7 Å². The molecule has 0 bridgehead atoms. The number of likely N-dealkylation sites (tertiary alicyclic amines) is 1. The number of methoxy groups -OCH3 is 1. The smallest absolute Gasteiger partial charge is 0.347 e. The summed E-state index contributed by atoms with van der Waals surface area (Å²) in [5.41, 5.74) is 2.75. The van der Waals surface area contributed by atoms with E-state index in [0.717, 1.165) is 47.8 Å². The van der Waals surface area contributed by atoms with E-state index < -0.39 is 29.7 Å². The number of nitrogens with zero attached hydrogens (tertiary/aromatic N) is 1. The molecule has 2 aliphatic rings. The molecule has 6 N–H and O–H groups in total. The number of benzene rings is 4. The third kappa shape index (κ3) is 11.0. The van der Waals surface area contributed by atoms with Crippen LogP contribution in [0.15, 0.2) is 132 Å². The van der Waals surface area contributed by atoms with Gasteiger partial charge in [0.05, 0.1) is 48.7 Å². The van der Waals surface area contributed by atoms with Crippen LogP contribution in [0.25, 0.3) is 16.0 Å². The maximum atomic E-state index is 14.2. The van der Waals surface area contributed by atoms with Crippen LogP contribution in [0, 0.1) is 5.41 Å². The van der Waals surface area contributed by atoms with Gasteiger partial charge in [0.15, 0.2) is 0 Å². The van der Waals surface area contributed by atoms with E-state index in [1.54, 1.807) is 54.6 Å². The number of carbonyl (C=O) groups is 2. The van der Waals surface area contributed by atoms with Crippen molar-refractivity contribution in [3.05, 3.63) is 187 Å². The Kier molecular flexibility index (Phi) is 14.9. The van der Waals surface area contributed by atoms with Gasteiger partial charge in [-0.1, -0.05) is 103 Å². The molecule has 12 nitrogen and oxygen atoms in total. The lowest BCUT2D eigenvalue weighted by Crippen LogP contribution is -2.43. The van der Waals surface area contributed by atoms with Crippen LogP contribution in [-0.2, 0) is 34.8 Å². The molecular formula is C53H55ClN4O8S. The number of aromatic amines is 1. The topological polar surface area (TPSA) is 173 Å². The highest BCUT2D eigenvalue weighted by Gasteiger charge is 2.43. The molecule has 0 radical (unpaired) electrons. The van der Waals surface area contributed by atoms with Gasteiger partial charge in [-0.2, -0.15) is 0 Å². The molecular weight excluding hydrogens is 888 g/mol. The fraction of sp³-hybridized carbons (Fsp3) is 0.302. The monoisotopic (exact) mass is 942 g/mol. The van der Waals surface area contributed by atoms with Crippen LogP contribution >= 0.6 is 22.9 Å². The van der Waals surface area contributed by atoms with Crippen molar-refractivity contribution >= 4 is 40.4 Å². The van der Waals surface area contributed by atoms with E-state index in [1.165, 1.54) is 30.1 Å². The minimum absolute atomic E-state index is 0.159. The molecule has 348 valence electrons. The van der Waals surface area contributed by atoms with Gasteiger partial charge in [-0.3, -0.25) is 14.5 Å². The molecule has 0 spiro atoms. The van der Waals surface area contributed by atoms with E-state index in [-0.39, 0.29) is 54.2 Å². The SMILES string of the molecule is COc1cc(C(=O)NCc2ccc(-c3cccc([C@](O)(C(=O)OCC4(C)CCN(Cc5ccccc5)CC4)c4ccccc4)c3)s2)c(Cl)cc1CNC[C@H](O)C1=CCC(O)c2[nH]c(=O)ccc21. The average molecular weight is 944 g/mol. The maximum Gasteiger partial charge on any atom is 0.347 e. The van der Waals surface area contributed by atoms with Crippen molar-refractivity contribution < 1.29 is 34.4 Å². The molecule has 2 aromatic heterocycles. The minimum atomic E-state index is -2.06. The molecule has 1 unspecified atom stereocenters. The highest BCUT2D eigenvalue weighted by molar-refractivity contribution is 7.15. The number of aliphatic hydroxyl groups is 3. The van der Waals surface area contributed by atoms with Crippen LogP contribution in [0.2, 0.25) is 5.02 Å². The standard InChI is InChI=1S/C53H55ClN4O8S/c1-52(22-24-58(25-23-52)32-34-10-5-3-6-11-34)33-66-51(63)53(64,37-13-7-4-8-14-37)38-15-9-12-35(26-38)47-20-16-39(67-47)30-56-50(62)42-28-46(65-2)36(27-43(42)54)29-55-31-45(60)40-17-19-44(59)49-41(40)18-21-48(61)57-49/h3-18,20-21,26-28,44-45,55,59-60,64H,19,22-25,29-33H2,1-2H3,(H,56,62)(H,57,61)/t44?,45-,53-/m0/s1. The number of hydrogen-bond donors (Lipinski definition) is 6. The molecule has 3 heterocycles. The first-order valence-corrected chi connectivity index (χ1v) is 23.6. The Labute approximate surface area is 398 Å². The number of aromatic nitrogens is 1. The van der Waals surface area contributed by atoms with E-state index in [4.69, 9.17) is 21.1 Å². The summed E-state index contributed by atoms with van der Waals surface area (Å²) in [6.07, 6.45) is 1.98. The number of thiophene rings is 1. The highest BCUT2D eigenvalue weighted by atomic mass is 35.5. The highest BCUT2D eigenvalue weighted by Crippen LogP contribution is 2.38. The van der Waals surface area contributed by atoms with Gasteiger partial charge >= 0.3 is 5.97 Å². The summed E-state index contributed by atoms with van der Waals surface area (Å²) in [5.74, 6) is -0.680. The number of H-pyrrole nitrogens is 1. The number of carbonyl (C=O) groups excluding carboxylic acids is 2. The molecule has 1 saturated heterocycles. The van der Waals surface area contributed by atoms with E-state index in [1.807, 2.05) is 42.5 Å². The van der Waals surface area contributed by atoms with E-state index >= 15 is 0 Å². The predicted octanol–water partition coefficient (Wildman–Crippen LogP) is 7.75. The molecule has 6 aromatic rings. The van der Waals surface area contributed by atoms with Gasteiger partial charge in [-0.05, 0) is 91.0 Å². The zero-order chi connectivity index (χ0) is 47.1. The van der Waals surface area contributed by atoms with Crippen LogP contribution < -0.4 is 20.9 Å². The quantitative estimate of drug-likeness (QED) is 0.0497. The van der Waals surface area contributed by atoms with Gasteiger partial charge in [-0.25, -0.2) is 4.79 Å². The number of rotatable bonds is 17. The number of ether oxygens (including phenoxy) is 2. The molecule has 0 saturated carbocycles. The first-order chi connectivity index (χ1) is 32.3. The first-order valence-electron chi connectivity index (χ1n) is 22.4. The van der Waals surface area contributed by atoms with Crippen LogP contribution in [0.4, 0.5) is 0 Å². The van der Waals surface area contributed by atoms with Gasteiger partial charge in [0.1, 0.15) is 5.75 Å². The predicted molar refractivity (Wildman–Crippen MR) is 261 cm³/mol. The minimum Gasteiger partial charge on any atom is -0.496 e. The van der Waals surface area contributed by atoms with Crippen LogP contribution in [0.3, 0.4) is 0 Å². The summed E-state index contributed by atoms with van der Waals surface area (Å²) in [5, 5.41) is 40.2. The van der Waals surface area contributed by atoms with E-state index in [0.29, 0.717) is 39.3 Å². The summed E-state index contributed by atoms with van der Waals surface area (Å²) < 4.78 is 11.7. The van der Waals surface area contributed by atoms with Crippen molar-refractivity contribution in [2.24, 2.45) is 5.41 Å². The largest absolute Gasteiger partial charge is 0.496 e. The Balaban J connectivity index is 0.887. The Hall–Kier alpha value is -5.90. The van der Waals surface area contributed by atoms with Crippen molar-refractivity contribution in [2.45, 2.75) is 63.6 Å². The van der Waals surface area contributed by atoms with Gasteiger partial charge in [0.2, 0.25) is 11.2 Å². The number of aliphatic hydroxyl groups excluding tert-OH is 2. The number of hydrogen-bond acceptors (Lipinski definition) is 11. The van der Waals surface area contributed by atoms with Gasteiger partial charge in [0, 0.05) is 57.6 Å². The van der Waals surface area contributed by atoms with Crippen LogP contribution in [0.1, 0.15) is 81.0 Å². The zero-order valence-corrected chi connectivity index (χ0v) is 39.0. The maximum absolute atomic E-state index is 14.2. The van der Waals surface area contributed by atoms with E-state index in [9.17, 15) is 29.7 Å². The summed E-state index contributed by atoms with van der Waals surface area (Å²) >= 11 is 8.14. The Morgan fingerprint density at radius 2 is 1.67 bits per heavy atom. The molecule has 3 atom stereocenters. The van der Waals surface area contributed by atoms with Crippen molar-refractivity contribution in [1.29, 1.82) is 0 Å². The van der Waals surface area contributed by atoms with Crippen LogP contribution in [-0.4, -0.2) is 76.5 Å². The Bertz CT molecular complexity index is 2790. The van der Waals surface area contributed by atoms with Gasteiger partial charge in [0.25, 0.3) is 5.91 Å². The lowest BCUT2D eigenvalue weighted by atomic mass is 9.81. The molecule has 1 amide bonds. The lowest BCUT2D eigenvalue weighted by molar-refractivity contribution is -0.166. The third-order valence-corrected chi connectivity index (χ3v) is 14.2. The Morgan fingerprint density at radius 1 is 0.940 bits per heavy atom. The number of pyridine rings is 1. The second kappa shape index (κ2) is 20.9. The molecule has 1 aliphatic heterocycles. The number of piperidine rings is 1. The third-order valence-electron chi connectivity index (χ3n) is 12.8. The van der Waals surface area contributed by atoms with Crippen molar-refractivity contribution in [3.8, 4) is 16.2 Å². The summed E-state index contributed by atoms with van der Waals surface area (Å²) in [6, 6.07) is 36.7. The number of halogens is 1. The molecule has 67 heavy (non-hydrogen) atoms. The van der Waals surface area contributed by atoms with Crippen molar-refractivity contribution in [1.82, 2.24) is 20.5 Å². The van der Waals surface area contributed by atoms with Crippen LogP contribution in [0.5, 0.6) is 5.75 Å². The number of fused-ring (bicyclic) bond motifs is 1.